The molecule has 2 rings (SSSR count). The van der Waals surface area contributed by atoms with E-state index in [4.69, 9.17) is 5.11 Å². The fourth-order valence-electron chi connectivity index (χ4n) is 2.54. The Hall–Kier alpha value is -1.35. The van der Waals surface area contributed by atoms with E-state index in [1.165, 1.54) is 24.0 Å². The lowest BCUT2D eigenvalue weighted by atomic mass is 9.98. The van der Waals surface area contributed by atoms with Crippen molar-refractivity contribution in [3.63, 3.8) is 0 Å². The molecule has 0 radical (unpaired) electrons. The van der Waals surface area contributed by atoms with Gasteiger partial charge in [-0.05, 0) is 42.9 Å². The van der Waals surface area contributed by atoms with Crippen molar-refractivity contribution in [3.8, 4) is 0 Å². The summed E-state index contributed by atoms with van der Waals surface area (Å²) in [4.78, 5) is 10.3. The lowest BCUT2D eigenvalue weighted by Gasteiger charge is -2.11. The molecule has 0 saturated carbocycles. The zero-order chi connectivity index (χ0) is 12.1. The highest BCUT2D eigenvalue weighted by molar-refractivity contribution is 5.66. The summed E-state index contributed by atoms with van der Waals surface area (Å²) in [6, 6.07) is 8.65. The van der Waals surface area contributed by atoms with Crippen LogP contribution in [0.15, 0.2) is 24.3 Å². The van der Waals surface area contributed by atoms with Crippen LogP contribution in [0.5, 0.6) is 0 Å². The van der Waals surface area contributed by atoms with Gasteiger partial charge < -0.3 is 10.4 Å². The Labute approximate surface area is 102 Å². The van der Waals surface area contributed by atoms with Crippen LogP contribution in [0.4, 0.5) is 0 Å². The number of aliphatic carboxylic acids is 1. The number of carbonyl (C=O) groups is 1. The van der Waals surface area contributed by atoms with E-state index in [1.807, 2.05) is 0 Å². The number of hydrogen-bond acceptors (Lipinski definition) is 2. The van der Waals surface area contributed by atoms with Crippen LogP contribution in [0.1, 0.15) is 36.3 Å². The Morgan fingerprint density at radius 2 is 2.18 bits per heavy atom. The molecule has 92 valence electrons. The average molecular weight is 233 g/mol. The number of fused-ring (bicyclic) bond motifs is 1. The van der Waals surface area contributed by atoms with Crippen molar-refractivity contribution in [1.29, 1.82) is 0 Å². The number of nitrogens with one attached hydrogen (secondary N) is 1. The third-order valence-corrected chi connectivity index (χ3v) is 3.44. The summed E-state index contributed by atoms with van der Waals surface area (Å²) in [5.41, 5.74) is 2.98. The molecule has 0 heterocycles. The molecule has 1 unspecified atom stereocenters. The number of carboxylic acids is 1. The highest BCUT2D eigenvalue weighted by atomic mass is 16.4. The van der Waals surface area contributed by atoms with Gasteiger partial charge in [-0.3, -0.25) is 4.79 Å². The average Bonchev–Trinajstić information content (AvgIpc) is 2.72. The van der Waals surface area contributed by atoms with Crippen molar-refractivity contribution >= 4 is 5.97 Å². The van der Waals surface area contributed by atoms with E-state index in [0.717, 1.165) is 13.0 Å². The molecule has 0 saturated heterocycles. The second kappa shape index (κ2) is 5.82. The predicted molar refractivity (Wildman–Crippen MR) is 67.2 cm³/mol. The quantitative estimate of drug-likeness (QED) is 0.740. The van der Waals surface area contributed by atoms with E-state index < -0.39 is 5.97 Å². The van der Waals surface area contributed by atoms with E-state index in [1.54, 1.807) is 0 Å². The summed E-state index contributed by atoms with van der Waals surface area (Å²) in [5.74, 6) is -0.0766. The van der Waals surface area contributed by atoms with Gasteiger partial charge >= 0.3 is 5.97 Å². The molecule has 1 atom stereocenters. The van der Waals surface area contributed by atoms with Gasteiger partial charge in [0.1, 0.15) is 0 Å². The molecular weight excluding hydrogens is 214 g/mol. The third-order valence-electron chi connectivity index (χ3n) is 3.44. The smallest absolute Gasteiger partial charge is 0.304 e. The van der Waals surface area contributed by atoms with Gasteiger partial charge in [0.15, 0.2) is 0 Å². The van der Waals surface area contributed by atoms with Gasteiger partial charge in [0, 0.05) is 6.54 Å². The van der Waals surface area contributed by atoms with Crippen molar-refractivity contribution in [2.45, 2.75) is 31.6 Å². The molecule has 0 aromatic heterocycles. The third kappa shape index (κ3) is 3.30. The zero-order valence-electron chi connectivity index (χ0n) is 9.98. The van der Waals surface area contributed by atoms with Gasteiger partial charge in [0.25, 0.3) is 0 Å². The lowest BCUT2D eigenvalue weighted by Crippen LogP contribution is -2.20. The molecule has 3 nitrogen and oxygen atoms in total. The van der Waals surface area contributed by atoms with Crippen molar-refractivity contribution < 1.29 is 9.90 Å². The molecule has 1 aromatic carbocycles. The summed E-state index contributed by atoms with van der Waals surface area (Å²) in [6.07, 6.45) is 3.74. The summed E-state index contributed by atoms with van der Waals surface area (Å²) in [7, 11) is 0. The van der Waals surface area contributed by atoms with Crippen LogP contribution in [0.25, 0.3) is 0 Å². The number of carboxylic acid groups (broad SMARTS) is 1. The molecule has 3 heteroatoms. The van der Waals surface area contributed by atoms with Crippen LogP contribution < -0.4 is 5.32 Å². The SMILES string of the molecule is O=C(O)CCNCCC1CCc2ccccc21. The zero-order valence-corrected chi connectivity index (χ0v) is 9.98. The van der Waals surface area contributed by atoms with Crippen LogP contribution in [0.2, 0.25) is 0 Å². The van der Waals surface area contributed by atoms with Gasteiger partial charge in [-0.2, -0.15) is 0 Å². The minimum atomic E-state index is -0.733. The molecule has 1 aromatic rings. The first-order valence-electron chi connectivity index (χ1n) is 6.27. The Kier molecular flexibility index (Phi) is 4.15. The summed E-state index contributed by atoms with van der Waals surface area (Å²) >= 11 is 0. The van der Waals surface area contributed by atoms with E-state index in [-0.39, 0.29) is 6.42 Å². The lowest BCUT2D eigenvalue weighted by molar-refractivity contribution is -0.136. The molecular formula is C14H19NO2. The van der Waals surface area contributed by atoms with Gasteiger partial charge in [-0.1, -0.05) is 24.3 Å². The fourth-order valence-corrected chi connectivity index (χ4v) is 2.54. The molecule has 0 bridgehead atoms. The minimum Gasteiger partial charge on any atom is -0.481 e. The van der Waals surface area contributed by atoms with Gasteiger partial charge in [-0.25, -0.2) is 0 Å². The predicted octanol–water partition coefficient (Wildman–Crippen LogP) is 2.17. The van der Waals surface area contributed by atoms with E-state index in [0.29, 0.717) is 12.5 Å². The molecule has 0 spiro atoms. The molecule has 1 aliphatic rings. The van der Waals surface area contributed by atoms with Crippen molar-refractivity contribution in [2.75, 3.05) is 13.1 Å². The van der Waals surface area contributed by atoms with E-state index >= 15 is 0 Å². The van der Waals surface area contributed by atoms with Crippen LogP contribution in [0.3, 0.4) is 0 Å². The highest BCUT2D eigenvalue weighted by Gasteiger charge is 2.20. The van der Waals surface area contributed by atoms with Crippen LogP contribution in [0, 0.1) is 0 Å². The van der Waals surface area contributed by atoms with Crippen molar-refractivity contribution in [3.05, 3.63) is 35.4 Å². The van der Waals surface area contributed by atoms with Gasteiger partial charge in [-0.15, -0.1) is 0 Å². The van der Waals surface area contributed by atoms with Gasteiger partial charge in [0.2, 0.25) is 0 Å². The monoisotopic (exact) mass is 233 g/mol. The first-order chi connectivity index (χ1) is 8.27. The summed E-state index contributed by atoms with van der Waals surface area (Å²) in [5, 5.41) is 11.7. The minimum absolute atomic E-state index is 0.210. The summed E-state index contributed by atoms with van der Waals surface area (Å²) < 4.78 is 0. The van der Waals surface area contributed by atoms with Crippen LogP contribution in [-0.4, -0.2) is 24.2 Å². The topological polar surface area (TPSA) is 49.3 Å². The van der Waals surface area contributed by atoms with E-state index in [2.05, 4.69) is 29.6 Å². The van der Waals surface area contributed by atoms with E-state index in [9.17, 15) is 4.79 Å². The fraction of sp³-hybridized carbons (Fsp3) is 0.500. The van der Waals surface area contributed by atoms with Crippen LogP contribution >= 0.6 is 0 Å². The van der Waals surface area contributed by atoms with Gasteiger partial charge in [0.05, 0.1) is 6.42 Å². The Bertz CT molecular complexity index is 390. The number of rotatable bonds is 6. The Balaban J connectivity index is 1.73. The molecule has 0 amide bonds. The number of hydrogen-bond donors (Lipinski definition) is 2. The number of aryl methyl sites for hydroxylation is 1. The summed E-state index contributed by atoms with van der Waals surface area (Å²) in [6.45, 7) is 1.48. The second-order valence-corrected chi connectivity index (χ2v) is 4.62. The Morgan fingerprint density at radius 1 is 1.35 bits per heavy atom. The van der Waals surface area contributed by atoms with Crippen LogP contribution in [-0.2, 0) is 11.2 Å². The second-order valence-electron chi connectivity index (χ2n) is 4.62. The first-order valence-corrected chi connectivity index (χ1v) is 6.27. The van der Waals surface area contributed by atoms with Crippen molar-refractivity contribution in [1.82, 2.24) is 5.32 Å². The number of benzene rings is 1. The first kappa shape index (κ1) is 12.1. The largest absolute Gasteiger partial charge is 0.481 e. The maximum Gasteiger partial charge on any atom is 0.304 e. The Morgan fingerprint density at radius 3 is 3.00 bits per heavy atom. The molecule has 2 N–H and O–H groups in total. The highest BCUT2D eigenvalue weighted by Crippen LogP contribution is 2.34. The molecule has 17 heavy (non-hydrogen) atoms. The normalized spacial score (nSPS) is 18.0. The molecule has 1 aliphatic carbocycles. The standard InChI is InChI=1S/C14H19NO2/c16-14(17)8-10-15-9-7-12-6-5-11-3-1-2-4-13(11)12/h1-4,12,15H,5-10H2,(H,16,17). The maximum atomic E-state index is 10.3. The molecule has 0 aliphatic heterocycles. The van der Waals surface area contributed by atoms with Crippen molar-refractivity contribution in [2.24, 2.45) is 0 Å². The molecule has 0 fully saturated rings. The maximum absolute atomic E-state index is 10.3.